The molecule has 0 aliphatic carbocycles. The van der Waals surface area contributed by atoms with Crippen molar-refractivity contribution >= 4 is 5.91 Å². The molecule has 1 aromatic carbocycles. The van der Waals surface area contributed by atoms with E-state index in [0.29, 0.717) is 13.1 Å². The Morgan fingerprint density at radius 1 is 1.24 bits per heavy atom. The molecule has 0 fully saturated rings. The van der Waals surface area contributed by atoms with Crippen LogP contribution in [0, 0.1) is 0 Å². The number of para-hydroxylation sites is 1. The third-order valence-electron chi connectivity index (χ3n) is 3.66. The molecule has 0 saturated heterocycles. The van der Waals surface area contributed by atoms with Gasteiger partial charge in [0.2, 0.25) is 5.91 Å². The summed E-state index contributed by atoms with van der Waals surface area (Å²) < 4.78 is 5.33. The zero-order chi connectivity index (χ0) is 15.7. The molecule has 0 spiro atoms. The molecule has 1 aromatic rings. The van der Waals surface area contributed by atoms with E-state index in [2.05, 4.69) is 18.7 Å². The number of methoxy groups -OCH3 is 1. The van der Waals surface area contributed by atoms with E-state index in [1.54, 1.807) is 12.0 Å². The predicted molar refractivity (Wildman–Crippen MR) is 86.5 cm³/mol. The molecule has 0 heterocycles. The molecule has 21 heavy (non-hydrogen) atoms. The van der Waals surface area contributed by atoms with Crippen molar-refractivity contribution < 1.29 is 9.53 Å². The van der Waals surface area contributed by atoms with E-state index in [0.717, 1.165) is 37.2 Å². The number of unbranched alkanes of at least 4 members (excludes halogenated alkanes) is 1. The molecule has 118 valence electrons. The molecular formula is C17H28N2O2. The number of ether oxygens (including phenoxy) is 1. The summed E-state index contributed by atoms with van der Waals surface area (Å²) in [5.41, 5.74) is 1.03. The summed E-state index contributed by atoms with van der Waals surface area (Å²) in [7, 11) is 3.51. The van der Waals surface area contributed by atoms with Crippen molar-refractivity contribution in [1.29, 1.82) is 0 Å². The Bertz CT molecular complexity index is 435. The van der Waals surface area contributed by atoms with Crippen LogP contribution in [-0.4, -0.2) is 49.5 Å². The molecule has 0 atom stereocenters. The van der Waals surface area contributed by atoms with E-state index in [-0.39, 0.29) is 5.91 Å². The Morgan fingerprint density at radius 3 is 2.57 bits per heavy atom. The van der Waals surface area contributed by atoms with Crippen molar-refractivity contribution in [2.45, 2.75) is 33.2 Å². The number of rotatable bonds is 9. The summed E-state index contributed by atoms with van der Waals surface area (Å²) >= 11 is 0. The molecule has 1 rings (SSSR count). The molecule has 0 aliphatic heterocycles. The highest BCUT2D eigenvalue weighted by Gasteiger charge is 2.14. The predicted octanol–water partition coefficient (Wildman–Crippen LogP) is 2.78. The fourth-order valence-electron chi connectivity index (χ4n) is 2.22. The van der Waals surface area contributed by atoms with Gasteiger partial charge in [0.15, 0.2) is 0 Å². The largest absolute Gasteiger partial charge is 0.496 e. The van der Waals surface area contributed by atoms with Crippen LogP contribution in [0.15, 0.2) is 24.3 Å². The first-order chi connectivity index (χ1) is 10.1. The highest BCUT2D eigenvalue weighted by molar-refractivity contribution is 5.78. The fourth-order valence-corrected chi connectivity index (χ4v) is 2.22. The lowest BCUT2D eigenvalue weighted by Gasteiger charge is -2.24. The first-order valence-electron chi connectivity index (χ1n) is 7.70. The Balaban J connectivity index is 2.57. The number of benzene rings is 1. The van der Waals surface area contributed by atoms with Crippen LogP contribution in [0.2, 0.25) is 0 Å². The number of carbonyl (C=O) groups excluding carboxylic acids is 1. The molecule has 0 radical (unpaired) electrons. The van der Waals surface area contributed by atoms with E-state index < -0.39 is 0 Å². The van der Waals surface area contributed by atoms with Gasteiger partial charge in [-0.3, -0.25) is 9.69 Å². The number of carbonyl (C=O) groups is 1. The van der Waals surface area contributed by atoms with Gasteiger partial charge in [-0.05, 0) is 25.6 Å². The third kappa shape index (κ3) is 5.76. The van der Waals surface area contributed by atoms with Crippen LogP contribution in [-0.2, 0) is 11.3 Å². The van der Waals surface area contributed by atoms with Crippen molar-refractivity contribution in [3.8, 4) is 5.75 Å². The Kier molecular flexibility index (Phi) is 7.83. The van der Waals surface area contributed by atoms with Gasteiger partial charge >= 0.3 is 0 Å². The quantitative estimate of drug-likeness (QED) is 0.701. The third-order valence-corrected chi connectivity index (χ3v) is 3.66. The molecule has 0 saturated carbocycles. The first kappa shape index (κ1) is 17.5. The SMILES string of the molecule is CCCCN(CC)CC(=O)N(C)Cc1ccccc1OC. The van der Waals surface area contributed by atoms with Crippen molar-refractivity contribution in [2.75, 3.05) is 33.8 Å². The van der Waals surface area contributed by atoms with Crippen molar-refractivity contribution in [3.63, 3.8) is 0 Å². The van der Waals surface area contributed by atoms with Crippen LogP contribution in [0.1, 0.15) is 32.3 Å². The number of nitrogens with zero attached hydrogens (tertiary/aromatic N) is 2. The normalized spacial score (nSPS) is 10.7. The molecule has 4 nitrogen and oxygen atoms in total. The number of likely N-dealkylation sites (N-methyl/N-ethyl adjacent to an activating group) is 2. The number of hydrogen-bond donors (Lipinski definition) is 0. The molecule has 4 heteroatoms. The van der Waals surface area contributed by atoms with Crippen molar-refractivity contribution in [2.24, 2.45) is 0 Å². The van der Waals surface area contributed by atoms with Gasteiger partial charge in [0.1, 0.15) is 5.75 Å². The average Bonchev–Trinajstić information content (AvgIpc) is 2.51. The van der Waals surface area contributed by atoms with Gasteiger partial charge < -0.3 is 9.64 Å². The standard InChI is InChI=1S/C17H28N2O2/c1-5-7-12-19(6-2)14-17(20)18(3)13-15-10-8-9-11-16(15)21-4/h8-11H,5-7,12-14H2,1-4H3. The molecule has 0 bridgehead atoms. The minimum absolute atomic E-state index is 0.152. The van der Waals surface area contributed by atoms with E-state index in [4.69, 9.17) is 4.74 Å². The van der Waals surface area contributed by atoms with Crippen molar-refractivity contribution in [1.82, 2.24) is 9.80 Å². The maximum absolute atomic E-state index is 12.3. The van der Waals surface area contributed by atoms with Crippen LogP contribution in [0.3, 0.4) is 0 Å². The highest BCUT2D eigenvalue weighted by atomic mass is 16.5. The van der Waals surface area contributed by atoms with Crippen LogP contribution in [0.25, 0.3) is 0 Å². The summed E-state index contributed by atoms with van der Waals surface area (Å²) in [6.07, 6.45) is 2.29. The van der Waals surface area contributed by atoms with Gasteiger partial charge in [-0.2, -0.15) is 0 Å². The second-order valence-corrected chi connectivity index (χ2v) is 5.28. The van der Waals surface area contributed by atoms with Gasteiger partial charge in [-0.15, -0.1) is 0 Å². The lowest BCUT2D eigenvalue weighted by atomic mass is 10.2. The lowest BCUT2D eigenvalue weighted by molar-refractivity contribution is -0.131. The Labute approximate surface area is 128 Å². The minimum Gasteiger partial charge on any atom is -0.496 e. The van der Waals surface area contributed by atoms with Gasteiger partial charge in [-0.25, -0.2) is 0 Å². The van der Waals surface area contributed by atoms with Crippen LogP contribution in [0.4, 0.5) is 0 Å². The van der Waals surface area contributed by atoms with E-state index in [1.807, 2.05) is 31.3 Å². The van der Waals surface area contributed by atoms with Gasteiger partial charge in [0.05, 0.1) is 13.7 Å². The Morgan fingerprint density at radius 2 is 1.95 bits per heavy atom. The summed E-state index contributed by atoms with van der Waals surface area (Å²) in [6.45, 7) is 7.23. The smallest absolute Gasteiger partial charge is 0.236 e. The van der Waals surface area contributed by atoms with E-state index in [9.17, 15) is 4.79 Å². The molecule has 0 N–H and O–H groups in total. The number of hydrogen-bond acceptors (Lipinski definition) is 3. The molecule has 0 aromatic heterocycles. The molecule has 1 amide bonds. The molecule has 0 unspecified atom stereocenters. The maximum Gasteiger partial charge on any atom is 0.236 e. The van der Waals surface area contributed by atoms with Crippen molar-refractivity contribution in [3.05, 3.63) is 29.8 Å². The van der Waals surface area contributed by atoms with Gasteiger partial charge in [0.25, 0.3) is 0 Å². The number of amides is 1. The monoisotopic (exact) mass is 292 g/mol. The molecule has 0 aliphatic rings. The zero-order valence-electron chi connectivity index (χ0n) is 13.8. The molecular weight excluding hydrogens is 264 g/mol. The van der Waals surface area contributed by atoms with Crippen LogP contribution < -0.4 is 4.74 Å². The van der Waals surface area contributed by atoms with Gasteiger partial charge in [-0.1, -0.05) is 38.5 Å². The topological polar surface area (TPSA) is 32.8 Å². The summed E-state index contributed by atoms with van der Waals surface area (Å²) in [5, 5.41) is 0. The van der Waals surface area contributed by atoms with Gasteiger partial charge in [0, 0.05) is 19.2 Å². The zero-order valence-corrected chi connectivity index (χ0v) is 13.8. The van der Waals surface area contributed by atoms with E-state index >= 15 is 0 Å². The highest BCUT2D eigenvalue weighted by Crippen LogP contribution is 2.18. The second-order valence-electron chi connectivity index (χ2n) is 5.28. The maximum atomic E-state index is 12.3. The first-order valence-corrected chi connectivity index (χ1v) is 7.70. The minimum atomic E-state index is 0.152. The lowest BCUT2D eigenvalue weighted by Crippen LogP contribution is -2.38. The fraction of sp³-hybridized carbons (Fsp3) is 0.588. The summed E-state index contributed by atoms with van der Waals surface area (Å²) in [4.78, 5) is 16.3. The summed E-state index contributed by atoms with van der Waals surface area (Å²) in [6, 6.07) is 7.83. The van der Waals surface area contributed by atoms with Crippen LogP contribution >= 0.6 is 0 Å². The second kappa shape index (κ2) is 9.40. The summed E-state index contributed by atoms with van der Waals surface area (Å²) in [5.74, 6) is 0.981. The van der Waals surface area contributed by atoms with Crippen LogP contribution in [0.5, 0.6) is 5.75 Å². The Hall–Kier alpha value is -1.55. The average molecular weight is 292 g/mol. The van der Waals surface area contributed by atoms with E-state index in [1.165, 1.54) is 0 Å².